The zero-order valence-corrected chi connectivity index (χ0v) is 11.4. The number of hydrogen-bond acceptors (Lipinski definition) is 2. The molecular weight excluding hydrogens is 253 g/mol. The molecule has 0 unspecified atom stereocenters. The van der Waals surface area contributed by atoms with Gasteiger partial charge < -0.3 is 4.74 Å². The van der Waals surface area contributed by atoms with E-state index < -0.39 is 5.82 Å². The van der Waals surface area contributed by atoms with Crippen LogP contribution < -0.4 is 4.74 Å². The summed E-state index contributed by atoms with van der Waals surface area (Å²) in [5.74, 6) is 0.324. The largest absolute Gasteiger partial charge is 0.494 e. The number of rotatable bonds is 5. The summed E-state index contributed by atoms with van der Waals surface area (Å²) in [4.78, 5) is 0. The molecule has 0 atom stereocenters. The summed E-state index contributed by atoms with van der Waals surface area (Å²) >= 11 is 0. The summed E-state index contributed by atoms with van der Waals surface area (Å²) in [5, 5.41) is 8.71. The van der Waals surface area contributed by atoms with E-state index in [0.717, 1.165) is 29.7 Å². The van der Waals surface area contributed by atoms with Crippen molar-refractivity contribution in [2.24, 2.45) is 0 Å². The Morgan fingerprint density at radius 3 is 2.40 bits per heavy atom. The monoisotopic (exact) mass is 269 g/mol. The summed E-state index contributed by atoms with van der Waals surface area (Å²) in [5.41, 5.74) is 1.71. The predicted octanol–water partition coefficient (Wildman–Crippen LogP) is 4.54. The number of benzene rings is 2. The topological polar surface area (TPSA) is 33.0 Å². The SMILES string of the molecule is CCCCOc1ccc(-c2ccc(C#N)c(F)c2)cc1. The number of hydrogen-bond donors (Lipinski definition) is 0. The molecule has 2 aromatic carbocycles. The van der Waals surface area contributed by atoms with Crippen molar-refractivity contribution in [1.82, 2.24) is 0 Å². The summed E-state index contributed by atoms with van der Waals surface area (Å²) in [6, 6.07) is 14.0. The molecule has 0 amide bonds. The van der Waals surface area contributed by atoms with Gasteiger partial charge in [0.2, 0.25) is 0 Å². The van der Waals surface area contributed by atoms with Crippen molar-refractivity contribution >= 4 is 0 Å². The second kappa shape index (κ2) is 6.72. The molecule has 0 aromatic heterocycles. The summed E-state index contributed by atoms with van der Waals surface area (Å²) < 4.78 is 19.2. The van der Waals surface area contributed by atoms with Crippen LogP contribution in [0.4, 0.5) is 4.39 Å². The molecule has 0 N–H and O–H groups in total. The lowest BCUT2D eigenvalue weighted by Gasteiger charge is -2.07. The molecule has 0 aliphatic rings. The maximum atomic E-state index is 13.6. The van der Waals surface area contributed by atoms with Gasteiger partial charge in [-0.25, -0.2) is 4.39 Å². The Labute approximate surface area is 118 Å². The fourth-order valence-corrected chi connectivity index (χ4v) is 1.86. The van der Waals surface area contributed by atoms with Gasteiger partial charge in [0.1, 0.15) is 17.6 Å². The average molecular weight is 269 g/mol. The molecule has 0 radical (unpaired) electrons. The Morgan fingerprint density at radius 2 is 1.80 bits per heavy atom. The first-order valence-corrected chi connectivity index (χ1v) is 6.67. The molecule has 0 aliphatic heterocycles. The van der Waals surface area contributed by atoms with Gasteiger partial charge in [0, 0.05) is 0 Å². The Bertz CT molecular complexity index is 614. The lowest BCUT2D eigenvalue weighted by atomic mass is 10.0. The average Bonchev–Trinajstić information content (AvgIpc) is 2.48. The second-order valence-corrected chi connectivity index (χ2v) is 4.53. The minimum atomic E-state index is -0.492. The van der Waals surface area contributed by atoms with Gasteiger partial charge in [0.25, 0.3) is 0 Å². The van der Waals surface area contributed by atoms with Crippen LogP contribution in [0.5, 0.6) is 5.75 Å². The van der Waals surface area contributed by atoms with Crippen molar-refractivity contribution in [3.05, 3.63) is 53.8 Å². The molecule has 0 spiro atoms. The third kappa shape index (κ3) is 3.36. The van der Waals surface area contributed by atoms with E-state index in [-0.39, 0.29) is 5.56 Å². The molecule has 2 nitrogen and oxygen atoms in total. The van der Waals surface area contributed by atoms with Gasteiger partial charge in [-0.2, -0.15) is 5.26 Å². The summed E-state index contributed by atoms with van der Waals surface area (Å²) in [7, 11) is 0. The molecule has 0 saturated heterocycles. The van der Waals surface area contributed by atoms with Gasteiger partial charge in [-0.3, -0.25) is 0 Å². The van der Waals surface area contributed by atoms with Crippen molar-refractivity contribution in [2.75, 3.05) is 6.61 Å². The van der Waals surface area contributed by atoms with Crippen LogP contribution in [-0.2, 0) is 0 Å². The maximum absolute atomic E-state index is 13.6. The molecule has 20 heavy (non-hydrogen) atoms. The second-order valence-electron chi connectivity index (χ2n) is 4.53. The van der Waals surface area contributed by atoms with E-state index in [1.807, 2.05) is 30.3 Å². The number of ether oxygens (including phenoxy) is 1. The zero-order chi connectivity index (χ0) is 14.4. The summed E-state index contributed by atoms with van der Waals surface area (Å²) in [6.07, 6.45) is 2.13. The van der Waals surface area contributed by atoms with Crippen LogP contribution in [0.3, 0.4) is 0 Å². The smallest absolute Gasteiger partial charge is 0.141 e. The fourth-order valence-electron chi connectivity index (χ4n) is 1.86. The molecular formula is C17H16FNO. The number of nitriles is 1. The van der Waals surface area contributed by atoms with E-state index in [4.69, 9.17) is 10.00 Å². The third-order valence-corrected chi connectivity index (χ3v) is 3.04. The highest BCUT2D eigenvalue weighted by Gasteiger charge is 2.04. The van der Waals surface area contributed by atoms with Crippen molar-refractivity contribution < 1.29 is 9.13 Å². The first kappa shape index (κ1) is 14.1. The van der Waals surface area contributed by atoms with Gasteiger partial charge in [0.05, 0.1) is 12.2 Å². The molecule has 3 heteroatoms. The third-order valence-electron chi connectivity index (χ3n) is 3.04. The minimum absolute atomic E-state index is 0.0632. The molecule has 2 rings (SSSR count). The van der Waals surface area contributed by atoms with Gasteiger partial charge in [-0.15, -0.1) is 0 Å². The first-order chi connectivity index (χ1) is 9.74. The van der Waals surface area contributed by atoms with Crippen molar-refractivity contribution in [3.63, 3.8) is 0 Å². The number of halogens is 1. The van der Waals surface area contributed by atoms with Crippen molar-refractivity contribution in [2.45, 2.75) is 19.8 Å². The van der Waals surface area contributed by atoms with Crippen molar-refractivity contribution in [3.8, 4) is 22.9 Å². The van der Waals surface area contributed by atoms with Crippen LogP contribution in [0.15, 0.2) is 42.5 Å². The van der Waals surface area contributed by atoms with Crippen LogP contribution in [0.1, 0.15) is 25.3 Å². The first-order valence-electron chi connectivity index (χ1n) is 6.67. The highest BCUT2D eigenvalue weighted by Crippen LogP contribution is 2.24. The fraction of sp³-hybridized carbons (Fsp3) is 0.235. The van der Waals surface area contributed by atoms with Gasteiger partial charge in [-0.1, -0.05) is 31.5 Å². The Balaban J connectivity index is 2.14. The molecule has 0 saturated carbocycles. The quantitative estimate of drug-likeness (QED) is 0.746. The van der Waals surface area contributed by atoms with Gasteiger partial charge in [0.15, 0.2) is 0 Å². The molecule has 0 fully saturated rings. The molecule has 0 aliphatic carbocycles. The van der Waals surface area contributed by atoms with E-state index in [2.05, 4.69) is 6.92 Å². The number of nitrogens with zero attached hydrogens (tertiary/aromatic N) is 1. The number of unbranched alkanes of at least 4 members (excludes halogenated alkanes) is 1. The molecule has 0 bridgehead atoms. The van der Waals surface area contributed by atoms with Crippen LogP contribution >= 0.6 is 0 Å². The minimum Gasteiger partial charge on any atom is -0.494 e. The zero-order valence-electron chi connectivity index (χ0n) is 11.4. The van der Waals surface area contributed by atoms with Gasteiger partial charge >= 0.3 is 0 Å². The van der Waals surface area contributed by atoms with Crippen LogP contribution in [0, 0.1) is 17.1 Å². The van der Waals surface area contributed by atoms with E-state index in [9.17, 15) is 4.39 Å². The van der Waals surface area contributed by atoms with E-state index in [1.54, 1.807) is 6.07 Å². The highest BCUT2D eigenvalue weighted by atomic mass is 19.1. The van der Waals surface area contributed by atoms with Crippen LogP contribution in [0.25, 0.3) is 11.1 Å². The molecule has 2 aromatic rings. The van der Waals surface area contributed by atoms with E-state index in [0.29, 0.717) is 6.61 Å². The Morgan fingerprint density at radius 1 is 1.10 bits per heavy atom. The lowest BCUT2D eigenvalue weighted by molar-refractivity contribution is 0.309. The lowest BCUT2D eigenvalue weighted by Crippen LogP contribution is -1.96. The van der Waals surface area contributed by atoms with Crippen molar-refractivity contribution in [1.29, 1.82) is 5.26 Å². The standard InChI is InChI=1S/C17H16FNO/c1-2-3-10-20-16-8-6-13(7-9-16)14-4-5-15(12-19)17(18)11-14/h4-9,11H,2-3,10H2,1H3. The summed E-state index contributed by atoms with van der Waals surface area (Å²) in [6.45, 7) is 2.83. The Hall–Kier alpha value is -2.34. The predicted molar refractivity (Wildman–Crippen MR) is 77.0 cm³/mol. The highest BCUT2D eigenvalue weighted by molar-refractivity contribution is 5.65. The normalized spacial score (nSPS) is 10.1. The van der Waals surface area contributed by atoms with Gasteiger partial charge in [-0.05, 0) is 41.8 Å². The van der Waals surface area contributed by atoms with E-state index in [1.165, 1.54) is 12.1 Å². The molecule has 0 heterocycles. The Kier molecular flexibility index (Phi) is 4.73. The van der Waals surface area contributed by atoms with E-state index >= 15 is 0 Å². The molecule has 102 valence electrons. The maximum Gasteiger partial charge on any atom is 0.141 e. The van der Waals surface area contributed by atoms with Crippen LogP contribution in [0.2, 0.25) is 0 Å². The van der Waals surface area contributed by atoms with Crippen LogP contribution in [-0.4, -0.2) is 6.61 Å².